The van der Waals surface area contributed by atoms with Crippen LogP contribution in [0.1, 0.15) is 86.4 Å². The molecular formula is C25H37N3O5S. The van der Waals surface area contributed by atoms with Crippen LogP contribution in [0.5, 0.6) is 0 Å². The van der Waals surface area contributed by atoms with Gasteiger partial charge in [-0.15, -0.1) is 0 Å². The number of carbonyl (C=O) groups is 1. The van der Waals surface area contributed by atoms with Crippen LogP contribution in [0.4, 0.5) is 0 Å². The van der Waals surface area contributed by atoms with Gasteiger partial charge in [-0.05, 0) is 82.0 Å². The summed E-state index contributed by atoms with van der Waals surface area (Å²) in [6, 6.07) is 2.30. The Bertz CT molecular complexity index is 1010. The predicted molar refractivity (Wildman–Crippen MR) is 126 cm³/mol. The van der Waals surface area contributed by atoms with Gasteiger partial charge in [-0.1, -0.05) is 5.16 Å². The molecule has 9 heteroatoms. The number of aromatic nitrogens is 1. The lowest BCUT2D eigenvalue weighted by molar-refractivity contribution is -0.106. The summed E-state index contributed by atoms with van der Waals surface area (Å²) in [5.74, 6) is 2.23. The quantitative estimate of drug-likeness (QED) is 0.511. The Morgan fingerprint density at radius 2 is 1.82 bits per heavy atom. The van der Waals surface area contributed by atoms with Crippen LogP contribution in [0.15, 0.2) is 10.6 Å². The largest absolute Gasteiger partial charge is 0.383 e. The molecular weight excluding hydrogens is 454 g/mol. The lowest BCUT2D eigenvalue weighted by Gasteiger charge is -2.70. The molecule has 0 aliphatic heterocycles. The second-order valence-corrected chi connectivity index (χ2v) is 14.1. The summed E-state index contributed by atoms with van der Waals surface area (Å²) in [7, 11) is -1.42. The van der Waals surface area contributed by atoms with Crippen molar-refractivity contribution in [3.63, 3.8) is 0 Å². The summed E-state index contributed by atoms with van der Waals surface area (Å²) in [4.78, 5) is 12.7. The van der Waals surface area contributed by atoms with Crippen molar-refractivity contribution in [3.8, 4) is 0 Å². The highest BCUT2D eigenvalue weighted by molar-refractivity contribution is 7.93. The molecule has 2 N–H and O–H groups in total. The summed E-state index contributed by atoms with van der Waals surface area (Å²) in [6.45, 7) is 1.51. The number of sulfone groups is 1. The number of nitrogens with one attached hydrogen (secondary N) is 2. The van der Waals surface area contributed by atoms with Crippen molar-refractivity contribution >= 4 is 15.7 Å². The van der Waals surface area contributed by atoms with Gasteiger partial charge in [-0.25, -0.2) is 8.42 Å². The first-order valence-electron chi connectivity index (χ1n) is 13.1. The van der Waals surface area contributed by atoms with Crippen LogP contribution >= 0.6 is 0 Å². The summed E-state index contributed by atoms with van der Waals surface area (Å²) >= 11 is 0. The van der Waals surface area contributed by atoms with Gasteiger partial charge in [0.15, 0.2) is 15.5 Å². The second kappa shape index (κ2) is 8.59. The van der Waals surface area contributed by atoms with E-state index in [0.29, 0.717) is 42.0 Å². The normalized spacial score (nSPS) is 39.0. The van der Waals surface area contributed by atoms with Gasteiger partial charge < -0.3 is 19.9 Å². The first-order valence-corrected chi connectivity index (χ1v) is 14.7. The minimum absolute atomic E-state index is 0.106. The highest BCUT2D eigenvalue weighted by atomic mass is 32.2. The van der Waals surface area contributed by atoms with Crippen molar-refractivity contribution in [3.05, 3.63) is 17.5 Å². The highest BCUT2D eigenvalue weighted by Gasteiger charge is 2.73. The van der Waals surface area contributed by atoms with E-state index in [1.165, 1.54) is 0 Å². The molecule has 34 heavy (non-hydrogen) atoms. The van der Waals surface area contributed by atoms with Crippen molar-refractivity contribution in [1.29, 1.82) is 0 Å². The molecule has 1 amide bonds. The number of methoxy groups -OCH3 is 1. The lowest BCUT2D eigenvalue weighted by atomic mass is 9.42. The number of rotatable bonds is 9. The van der Waals surface area contributed by atoms with E-state index in [-0.39, 0.29) is 17.2 Å². The van der Waals surface area contributed by atoms with Crippen LogP contribution in [0, 0.1) is 17.8 Å². The van der Waals surface area contributed by atoms with Gasteiger partial charge in [-0.3, -0.25) is 4.79 Å². The van der Waals surface area contributed by atoms with Crippen LogP contribution in [0.25, 0.3) is 0 Å². The average Bonchev–Trinajstić information content (AvgIpc) is 3.52. The minimum Gasteiger partial charge on any atom is -0.383 e. The molecule has 5 saturated carbocycles. The molecule has 5 fully saturated rings. The monoisotopic (exact) mass is 491 g/mol. The SMILES string of the molecule is COCCNC1CCC(S(=O)(=O)C23C[C@H]4CC(NC(=O)c5cc(C6CC6)on5)C[C@@H](C2)C43)CC1. The van der Waals surface area contributed by atoms with E-state index in [9.17, 15) is 13.2 Å². The zero-order valence-corrected chi connectivity index (χ0v) is 20.8. The molecule has 0 radical (unpaired) electrons. The summed E-state index contributed by atoms with van der Waals surface area (Å²) in [6.07, 6.45) is 8.96. The molecule has 8 nitrogen and oxygen atoms in total. The molecule has 6 rings (SSSR count). The second-order valence-electron chi connectivity index (χ2n) is 11.5. The molecule has 5 aliphatic carbocycles. The van der Waals surface area contributed by atoms with Crippen molar-refractivity contribution in [1.82, 2.24) is 15.8 Å². The number of carbonyl (C=O) groups excluding carboxylic acids is 1. The molecule has 0 saturated heterocycles. The number of hydrogen-bond donors (Lipinski definition) is 2. The highest BCUT2D eigenvalue weighted by Crippen LogP contribution is 2.70. The number of nitrogens with zero attached hydrogens (tertiary/aromatic N) is 1. The molecule has 0 aromatic carbocycles. The Hall–Kier alpha value is -1.45. The molecule has 0 bridgehead atoms. The van der Waals surface area contributed by atoms with E-state index in [2.05, 4.69) is 15.8 Å². The van der Waals surface area contributed by atoms with Crippen molar-refractivity contribution < 1.29 is 22.5 Å². The number of ether oxygens (including phenoxy) is 1. The summed E-state index contributed by atoms with van der Waals surface area (Å²) < 4.78 is 37.4. The maximum Gasteiger partial charge on any atom is 0.273 e. The van der Waals surface area contributed by atoms with E-state index in [0.717, 1.165) is 76.5 Å². The molecule has 5 atom stereocenters. The molecule has 188 valence electrons. The third-order valence-corrected chi connectivity index (χ3v) is 12.6. The molecule has 3 unspecified atom stereocenters. The summed E-state index contributed by atoms with van der Waals surface area (Å²) in [5, 5.41) is 10.4. The van der Waals surface area contributed by atoms with Crippen LogP contribution < -0.4 is 10.6 Å². The van der Waals surface area contributed by atoms with E-state index < -0.39 is 14.6 Å². The molecule has 1 aromatic heterocycles. The van der Waals surface area contributed by atoms with E-state index in [1.54, 1.807) is 13.2 Å². The summed E-state index contributed by atoms with van der Waals surface area (Å²) in [5.41, 5.74) is 0.371. The average molecular weight is 492 g/mol. The van der Waals surface area contributed by atoms with Crippen LogP contribution in [-0.4, -0.2) is 61.8 Å². The number of amides is 1. The van der Waals surface area contributed by atoms with E-state index in [4.69, 9.17) is 9.26 Å². The third-order valence-electron chi connectivity index (χ3n) is 9.51. The van der Waals surface area contributed by atoms with E-state index >= 15 is 0 Å². The minimum atomic E-state index is -3.12. The first-order chi connectivity index (χ1) is 16.4. The van der Waals surface area contributed by atoms with Crippen LogP contribution in [0.3, 0.4) is 0 Å². The fourth-order valence-electron chi connectivity index (χ4n) is 7.74. The van der Waals surface area contributed by atoms with Gasteiger partial charge in [-0.2, -0.15) is 0 Å². The van der Waals surface area contributed by atoms with Gasteiger partial charge in [0.25, 0.3) is 5.91 Å². The Morgan fingerprint density at radius 1 is 1.12 bits per heavy atom. The Balaban J connectivity index is 1.03. The van der Waals surface area contributed by atoms with Crippen molar-refractivity contribution in [2.24, 2.45) is 17.8 Å². The van der Waals surface area contributed by atoms with Gasteiger partial charge in [0.1, 0.15) is 5.76 Å². The van der Waals surface area contributed by atoms with Gasteiger partial charge in [0.2, 0.25) is 0 Å². The fourth-order valence-corrected chi connectivity index (χ4v) is 11.0. The van der Waals surface area contributed by atoms with Gasteiger partial charge in [0, 0.05) is 37.7 Å². The zero-order chi connectivity index (χ0) is 23.5. The van der Waals surface area contributed by atoms with Crippen LogP contribution in [-0.2, 0) is 14.6 Å². The maximum atomic E-state index is 13.7. The maximum absolute atomic E-state index is 13.7. The third kappa shape index (κ3) is 3.73. The Morgan fingerprint density at radius 3 is 2.47 bits per heavy atom. The lowest BCUT2D eigenvalue weighted by Crippen LogP contribution is -2.74. The van der Waals surface area contributed by atoms with Gasteiger partial charge >= 0.3 is 0 Å². The Kier molecular flexibility index (Phi) is 5.81. The van der Waals surface area contributed by atoms with Crippen LogP contribution in [0.2, 0.25) is 0 Å². The van der Waals surface area contributed by atoms with Crippen molar-refractivity contribution in [2.45, 2.75) is 92.2 Å². The molecule has 5 aliphatic rings. The smallest absolute Gasteiger partial charge is 0.273 e. The molecule has 1 heterocycles. The van der Waals surface area contributed by atoms with E-state index in [1.807, 2.05) is 0 Å². The number of hydrogen-bond acceptors (Lipinski definition) is 7. The topological polar surface area (TPSA) is 111 Å². The first kappa shape index (κ1) is 23.0. The molecule has 1 aromatic rings. The zero-order valence-electron chi connectivity index (χ0n) is 20.0. The predicted octanol–water partition coefficient (Wildman–Crippen LogP) is 2.80. The van der Waals surface area contributed by atoms with Crippen molar-refractivity contribution in [2.75, 3.05) is 20.3 Å². The Labute approximate surface area is 201 Å². The van der Waals surface area contributed by atoms with Gasteiger partial charge in [0.05, 0.1) is 16.6 Å². The molecule has 0 spiro atoms. The fraction of sp³-hybridized carbons (Fsp3) is 0.840. The standard InChI is InChI=1S/C25H37N3O5S/c1-32-9-8-26-18-4-6-20(7-5-18)34(30,31)25-13-16-10-19(11-17(14-25)23(16)25)27-24(29)21-12-22(33-28-21)15-2-3-15/h12,15-20,23,26H,2-11,13-14H2,1H3,(H,27,29)/t16-,17+,18?,19?,20?,23?,25?.